The summed E-state index contributed by atoms with van der Waals surface area (Å²) >= 11 is 0. The van der Waals surface area contributed by atoms with E-state index in [-0.39, 0.29) is 17.9 Å². The fourth-order valence-corrected chi connectivity index (χ4v) is 0.777. The first kappa shape index (κ1) is 8.39. The summed E-state index contributed by atoms with van der Waals surface area (Å²) in [6, 6.07) is 4.92. The number of primary amides is 1. The number of nitrogens with two attached hydrogens (primary N) is 1. The molecule has 0 atom stereocenters. The molecular formula is C8H8N2O2. The number of rotatable bonds is 3. The molecule has 0 fully saturated rings. The quantitative estimate of drug-likeness (QED) is 0.510. The summed E-state index contributed by atoms with van der Waals surface area (Å²) in [7, 11) is 0. The normalized spacial score (nSPS) is 9.33. The van der Waals surface area contributed by atoms with E-state index in [1.165, 1.54) is 6.20 Å². The minimum Gasteiger partial charge on any atom is -0.369 e. The number of carbonyl (C=O) groups is 2. The van der Waals surface area contributed by atoms with Gasteiger partial charge in [-0.15, -0.1) is 0 Å². The lowest BCUT2D eigenvalue weighted by atomic mass is 10.2. The van der Waals surface area contributed by atoms with E-state index in [0.29, 0.717) is 0 Å². The van der Waals surface area contributed by atoms with Crippen molar-refractivity contribution in [3.8, 4) is 0 Å². The maximum absolute atomic E-state index is 11.1. The second-order valence-corrected chi connectivity index (χ2v) is 2.28. The Balaban J connectivity index is 2.73. The van der Waals surface area contributed by atoms with Crippen LogP contribution in [0.1, 0.15) is 16.9 Å². The Morgan fingerprint density at radius 1 is 1.42 bits per heavy atom. The van der Waals surface area contributed by atoms with E-state index in [9.17, 15) is 9.59 Å². The number of carbonyl (C=O) groups excluding carboxylic acids is 2. The molecule has 0 bridgehead atoms. The van der Waals surface area contributed by atoms with Crippen LogP contribution in [-0.2, 0) is 4.79 Å². The van der Waals surface area contributed by atoms with Crippen molar-refractivity contribution in [3.63, 3.8) is 0 Å². The van der Waals surface area contributed by atoms with Crippen LogP contribution >= 0.6 is 0 Å². The number of nitrogens with zero attached hydrogens (tertiary/aromatic N) is 1. The molecule has 0 aromatic carbocycles. The Labute approximate surface area is 69.4 Å². The molecule has 0 saturated heterocycles. The van der Waals surface area contributed by atoms with Gasteiger partial charge < -0.3 is 5.73 Å². The summed E-state index contributed by atoms with van der Waals surface area (Å²) in [6.45, 7) is 0. The van der Waals surface area contributed by atoms with Crippen LogP contribution in [-0.4, -0.2) is 16.7 Å². The lowest BCUT2D eigenvalue weighted by Crippen LogP contribution is -2.16. The first-order valence-corrected chi connectivity index (χ1v) is 3.42. The second kappa shape index (κ2) is 3.61. The maximum atomic E-state index is 11.1. The highest BCUT2D eigenvalue weighted by molar-refractivity contribution is 6.05. The van der Waals surface area contributed by atoms with Crippen LogP contribution in [0.5, 0.6) is 0 Å². The number of aromatic nitrogens is 1. The zero-order chi connectivity index (χ0) is 8.97. The fraction of sp³-hybridized carbons (Fsp3) is 0.125. The third-order valence-corrected chi connectivity index (χ3v) is 1.29. The molecule has 0 aliphatic rings. The summed E-state index contributed by atoms with van der Waals surface area (Å²) in [6.07, 6.45) is 1.21. The van der Waals surface area contributed by atoms with Gasteiger partial charge in [0, 0.05) is 6.20 Å². The van der Waals surface area contributed by atoms with E-state index < -0.39 is 5.91 Å². The van der Waals surface area contributed by atoms with Gasteiger partial charge in [-0.25, -0.2) is 0 Å². The molecule has 0 unspecified atom stereocenters. The van der Waals surface area contributed by atoms with Gasteiger partial charge in [-0.3, -0.25) is 14.6 Å². The average molecular weight is 164 g/mol. The highest BCUT2D eigenvalue weighted by Gasteiger charge is 2.08. The SMILES string of the molecule is NC(=O)CC(=O)c1ccccn1. The van der Waals surface area contributed by atoms with Gasteiger partial charge in [0.25, 0.3) is 0 Å². The number of ketones is 1. The van der Waals surface area contributed by atoms with Gasteiger partial charge in [0.2, 0.25) is 5.91 Å². The number of hydrogen-bond acceptors (Lipinski definition) is 3. The molecular weight excluding hydrogens is 156 g/mol. The predicted molar refractivity (Wildman–Crippen MR) is 42.4 cm³/mol. The summed E-state index contributed by atoms with van der Waals surface area (Å²) < 4.78 is 0. The van der Waals surface area contributed by atoms with Gasteiger partial charge in [-0.1, -0.05) is 6.07 Å². The molecule has 1 amide bonds. The fourth-order valence-electron chi connectivity index (χ4n) is 0.777. The van der Waals surface area contributed by atoms with Gasteiger partial charge >= 0.3 is 0 Å². The Morgan fingerprint density at radius 2 is 2.17 bits per heavy atom. The van der Waals surface area contributed by atoms with Crippen LogP contribution in [0.3, 0.4) is 0 Å². The third kappa shape index (κ3) is 2.16. The summed E-state index contributed by atoms with van der Waals surface area (Å²) in [4.78, 5) is 25.2. The van der Waals surface area contributed by atoms with Crippen molar-refractivity contribution in [2.24, 2.45) is 5.73 Å². The predicted octanol–water partition coefficient (Wildman–Crippen LogP) is 0.140. The summed E-state index contributed by atoms with van der Waals surface area (Å²) in [5.41, 5.74) is 5.12. The lowest BCUT2D eigenvalue weighted by Gasteiger charge is -1.94. The van der Waals surface area contributed by atoms with E-state index in [2.05, 4.69) is 4.98 Å². The Bertz CT molecular complexity index is 295. The van der Waals surface area contributed by atoms with E-state index >= 15 is 0 Å². The minimum absolute atomic E-state index is 0.274. The summed E-state index contributed by atoms with van der Waals surface area (Å²) in [5, 5.41) is 0. The highest BCUT2D eigenvalue weighted by Crippen LogP contribution is 1.97. The standard InChI is InChI=1S/C8H8N2O2/c9-8(12)5-7(11)6-3-1-2-4-10-6/h1-4H,5H2,(H2,9,12). The molecule has 1 rings (SSSR count). The van der Waals surface area contributed by atoms with Gasteiger partial charge in [-0.05, 0) is 12.1 Å². The summed E-state index contributed by atoms with van der Waals surface area (Å²) in [5.74, 6) is -0.978. The Kier molecular flexibility index (Phi) is 2.53. The molecule has 2 N–H and O–H groups in total. The molecule has 0 saturated carbocycles. The number of amides is 1. The van der Waals surface area contributed by atoms with Crippen molar-refractivity contribution in [2.75, 3.05) is 0 Å². The van der Waals surface area contributed by atoms with Crippen molar-refractivity contribution in [1.29, 1.82) is 0 Å². The number of Topliss-reactive ketones (excluding diaryl/α,β-unsaturated/α-hetero) is 1. The van der Waals surface area contributed by atoms with Gasteiger partial charge in [0.1, 0.15) is 5.69 Å². The second-order valence-electron chi connectivity index (χ2n) is 2.28. The van der Waals surface area contributed by atoms with Gasteiger partial charge in [0.15, 0.2) is 5.78 Å². The Hall–Kier alpha value is -1.71. The third-order valence-electron chi connectivity index (χ3n) is 1.29. The molecule has 1 aromatic heterocycles. The monoisotopic (exact) mass is 164 g/mol. The van der Waals surface area contributed by atoms with Crippen molar-refractivity contribution in [1.82, 2.24) is 4.98 Å². The van der Waals surface area contributed by atoms with E-state index in [0.717, 1.165) is 0 Å². The molecule has 0 spiro atoms. The van der Waals surface area contributed by atoms with Gasteiger partial charge in [-0.2, -0.15) is 0 Å². The van der Waals surface area contributed by atoms with E-state index in [4.69, 9.17) is 5.73 Å². The number of hydrogen-bond donors (Lipinski definition) is 1. The molecule has 0 aliphatic carbocycles. The van der Waals surface area contributed by atoms with Crippen molar-refractivity contribution >= 4 is 11.7 Å². The van der Waals surface area contributed by atoms with Crippen molar-refractivity contribution in [2.45, 2.75) is 6.42 Å². The van der Waals surface area contributed by atoms with Crippen molar-refractivity contribution in [3.05, 3.63) is 30.1 Å². The molecule has 0 aliphatic heterocycles. The smallest absolute Gasteiger partial charge is 0.225 e. The van der Waals surface area contributed by atoms with Crippen LogP contribution in [0.4, 0.5) is 0 Å². The molecule has 0 radical (unpaired) electrons. The first-order chi connectivity index (χ1) is 5.70. The van der Waals surface area contributed by atoms with Crippen LogP contribution in [0, 0.1) is 0 Å². The topological polar surface area (TPSA) is 73.1 Å². The first-order valence-electron chi connectivity index (χ1n) is 3.42. The number of pyridine rings is 1. The largest absolute Gasteiger partial charge is 0.369 e. The zero-order valence-electron chi connectivity index (χ0n) is 6.36. The minimum atomic E-state index is -0.634. The Morgan fingerprint density at radius 3 is 2.67 bits per heavy atom. The van der Waals surface area contributed by atoms with Crippen LogP contribution in [0.15, 0.2) is 24.4 Å². The lowest BCUT2D eigenvalue weighted by molar-refractivity contribution is -0.117. The average Bonchev–Trinajstić information content (AvgIpc) is 2.05. The highest BCUT2D eigenvalue weighted by atomic mass is 16.2. The van der Waals surface area contributed by atoms with Crippen LogP contribution in [0.25, 0.3) is 0 Å². The molecule has 12 heavy (non-hydrogen) atoms. The van der Waals surface area contributed by atoms with E-state index in [1.807, 2.05) is 0 Å². The molecule has 62 valence electrons. The van der Waals surface area contributed by atoms with E-state index in [1.54, 1.807) is 18.2 Å². The van der Waals surface area contributed by atoms with Crippen LogP contribution in [0.2, 0.25) is 0 Å². The molecule has 1 heterocycles. The van der Waals surface area contributed by atoms with Crippen molar-refractivity contribution < 1.29 is 9.59 Å². The van der Waals surface area contributed by atoms with Crippen LogP contribution < -0.4 is 5.73 Å². The molecule has 4 heteroatoms. The molecule has 1 aromatic rings. The maximum Gasteiger partial charge on any atom is 0.225 e. The zero-order valence-corrected chi connectivity index (χ0v) is 6.36. The van der Waals surface area contributed by atoms with Gasteiger partial charge in [0.05, 0.1) is 6.42 Å². The molecule has 4 nitrogen and oxygen atoms in total.